The van der Waals surface area contributed by atoms with Crippen molar-refractivity contribution in [3.05, 3.63) is 277 Å². The molecule has 0 bridgehead atoms. The summed E-state index contributed by atoms with van der Waals surface area (Å²) in [6, 6.07) is 85.6. The van der Waals surface area contributed by atoms with Crippen LogP contribution in [0.25, 0.3) is 60.9 Å². The fraction of sp³-hybridized carbons (Fsp3) is 0.114. The lowest BCUT2D eigenvalue weighted by Gasteiger charge is -2.34. The fourth-order valence-corrected chi connectivity index (χ4v) is 12.2. The van der Waals surface area contributed by atoms with Crippen LogP contribution in [0.4, 0.5) is 28.4 Å². The highest BCUT2D eigenvalue weighted by molar-refractivity contribution is 5.97. The molecule has 0 radical (unpaired) electrons. The second-order valence-electron chi connectivity index (χ2n) is 20.9. The zero-order valence-corrected chi connectivity index (χ0v) is 41.4. The van der Waals surface area contributed by atoms with Crippen LogP contribution in [-0.2, 0) is 10.8 Å². The van der Waals surface area contributed by atoms with Gasteiger partial charge in [-0.2, -0.15) is 0 Å². The molecule has 0 N–H and O–H groups in total. The maximum absolute atomic E-state index is 2.53. The third-order valence-electron chi connectivity index (χ3n) is 16.0. The van der Waals surface area contributed by atoms with Crippen LogP contribution in [0, 0.1) is 0 Å². The highest BCUT2D eigenvalue weighted by atomic mass is 15.2. The topological polar surface area (TPSA) is 6.48 Å². The molecule has 10 aromatic carbocycles. The molecular weight excluding hydrogens is 869 g/mol. The largest absolute Gasteiger partial charge is 0.334 e. The highest BCUT2D eigenvalue weighted by Crippen LogP contribution is 2.53. The van der Waals surface area contributed by atoms with E-state index in [1.54, 1.807) is 0 Å². The Kier molecular flexibility index (Phi) is 10.4. The molecular formula is C70H56N2. The van der Waals surface area contributed by atoms with Gasteiger partial charge in [0.1, 0.15) is 0 Å². The molecule has 0 spiro atoms. The summed E-state index contributed by atoms with van der Waals surface area (Å²) in [5.41, 5.74) is 23.8. The molecule has 0 saturated heterocycles. The van der Waals surface area contributed by atoms with Gasteiger partial charge >= 0.3 is 0 Å². The number of hydrogen-bond donors (Lipinski definition) is 0. The van der Waals surface area contributed by atoms with Crippen molar-refractivity contribution >= 4 is 44.8 Å². The molecule has 0 saturated carbocycles. The maximum atomic E-state index is 2.53. The van der Waals surface area contributed by atoms with Crippen LogP contribution in [0.15, 0.2) is 249 Å². The van der Waals surface area contributed by atoms with Gasteiger partial charge in [0.15, 0.2) is 0 Å². The molecule has 1 unspecified atom stereocenters. The quantitative estimate of drug-likeness (QED) is 0.142. The molecule has 13 rings (SSSR count). The molecule has 0 aromatic heterocycles. The fourth-order valence-electron chi connectivity index (χ4n) is 12.2. The minimum absolute atomic E-state index is 0.0644. The Morgan fingerprint density at radius 1 is 0.375 bits per heavy atom. The van der Waals surface area contributed by atoms with Crippen LogP contribution < -0.4 is 9.80 Å². The van der Waals surface area contributed by atoms with Gasteiger partial charge in [-0.25, -0.2) is 0 Å². The molecule has 72 heavy (non-hydrogen) atoms. The standard InChI is InChI=1S/C70H56N2/c1-69(2)64-25-12-10-23-60(64)62-45-57(40-42-66(62)69)71(58-41-43-67-63(46-58)61-24-11-13-26-65(61)70(67,3)4)54-34-28-48(29-35-54)49-30-36-55(37-31-49)72(68-27-15-19-51-18-8-9-22-59(51)68)56-38-32-50(33-39-56)53-21-14-20-52(44-53)47-16-6-5-7-17-47/h5-38,40-46,56H,39H2,1-4H3. The minimum atomic E-state index is -0.0644. The predicted molar refractivity (Wildman–Crippen MR) is 305 cm³/mol. The summed E-state index contributed by atoms with van der Waals surface area (Å²) in [5, 5.41) is 2.48. The minimum Gasteiger partial charge on any atom is -0.334 e. The van der Waals surface area contributed by atoms with E-state index in [1.165, 1.54) is 94.4 Å². The summed E-state index contributed by atoms with van der Waals surface area (Å²) in [5.74, 6) is 0. The van der Waals surface area contributed by atoms with Crippen LogP contribution in [0.2, 0.25) is 0 Å². The Morgan fingerprint density at radius 2 is 0.861 bits per heavy atom. The third-order valence-corrected chi connectivity index (χ3v) is 16.0. The van der Waals surface area contributed by atoms with Gasteiger partial charge < -0.3 is 9.80 Å². The molecule has 2 nitrogen and oxygen atoms in total. The molecule has 0 heterocycles. The SMILES string of the molecule is CC1(C)c2ccccc2-c2cc(N(c3ccc(-c4ccc(N(c5cccc6ccccc56)C5C=CC(c6cccc(-c7ccccc7)c6)=CC5)cc4)cc3)c3ccc4c(c3)-c3ccccc3C4(C)C)ccc21. The van der Waals surface area contributed by atoms with E-state index >= 15 is 0 Å². The average molecular weight is 925 g/mol. The third kappa shape index (κ3) is 7.24. The van der Waals surface area contributed by atoms with Crippen molar-refractivity contribution in [2.24, 2.45) is 0 Å². The van der Waals surface area contributed by atoms with Gasteiger partial charge in [0, 0.05) is 44.7 Å². The van der Waals surface area contributed by atoms with Gasteiger partial charge in [0.2, 0.25) is 0 Å². The van der Waals surface area contributed by atoms with Crippen molar-refractivity contribution in [3.63, 3.8) is 0 Å². The van der Waals surface area contributed by atoms with E-state index in [-0.39, 0.29) is 16.9 Å². The number of fused-ring (bicyclic) bond motifs is 7. The first-order valence-corrected chi connectivity index (χ1v) is 25.5. The van der Waals surface area contributed by atoms with Crippen LogP contribution in [0.5, 0.6) is 0 Å². The first-order chi connectivity index (χ1) is 35.2. The van der Waals surface area contributed by atoms with Crippen LogP contribution in [0.1, 0.15) is 61.9 Å². The highest BCUT2D eigenvalue weighted by Gasteiger charge is 2.37. The van der Waals surface area contributed by atoms with Gasteiger partial charge in [0.25, 0.3) is 0 Å². The Bertz CT molecular complexity index is 3670. The van der Waals surface area contributed by atoms with Crippen LogP contribution >= 0.6 is 0 Å². The molecule has 3 aliphatic rings. The summed E-state index contributed by atoms with van der Waals surface area (Å²) in [6.07, 6.45) is 8.01. The van der Waals surface area contributed by atoms with Crippen molar-refractivity contribution in [3.8, 4) is 44.5 Å². The zero-order chi connectivity index (χ0) is 48.6. The first kappa shape index (κ1) is 43.6. The second-order valence-corrected chi connectivity index (χ2v) is 20.9. The van der Waals surface area contributed by atoms with E-state index in [0.29, 0.717) is 0 Å². The summed E-state index contributed by atoms with van der Waals surface area (Å²) < 4.78 is 0. The summed E-state index contributed by atoms with van der Waals surface area (Å²) in [4.78, 5) is 4.98. The molecule has 346 valence electrons. The average Bonchev–Trinajstić information content (AvgIpc) is 3.80. The Balaban J connectivity index is 0.848. The van der Waals surface area contributed by atoms with E-state index < -0.39 is 0 Å². The molecule has 0 fully saturated rings. The van der Waals surface area contributed by atoms with Crippen molar-refractivity contribution in [1.29, 1.82) is 0 Å². The molecule has 10 aromatic rings. The lowest BCUT2D eigenvalue weighted by Crippen LogP contribution is -2.30. The van der Waals surface area contributed by atoms with Crippen molar-refractivity contribution < 1.29 is 0 Å². The van der Waals surface area contributed by atoms with Crippen molar-refractivity contribution in [1.82, 2.24) is 0 Å². The molecule has 3 aliphatic carbocycles. The van der Waals surface area contributed by atoms with E-state index in [2.05, 4.69) is 286 Å². The van der Waals surface area contributed by atoms with Crippen LogP contribution in [0.3, 0.4) is 0 Å². The molecule has 2 heteroatoms. The summed E-state index contributed by atoms with van der Waals surface area (Å²) >= 11 is 0. The molecule has 0 amide bonds. The van der Waals surface area contributed by atoms with Gasteiger partial charge in [0.05, 0.1) is 6.04 Å². The Morgan fingerprint density at radius 3 is 1.49 bits per heavy atom. The Hall–Kier alpha value is -8.46. The van der Waals surface area contributed by atoms with Gasteiger partial charge in [-0.15, -0.1) is 0 Å². The van der Waals surface area contributed by atoms with Crippen molar-refractivity contribution in [2.45, 2.75) is 51.0 Å². The smallest absolute Gasteiger partial charge is 0.0560 e. The van der Waals surface area contributed by atoms with E-state index in [4.69, 9.17) is 0 Å². The Labute approximate surface area is 424 Å². The number of benzene rings is 10. The summed E-state index contributed by atoms with van der Waals surface area (Å²) in [6.45, 7) is 9.42. The van der Waals surface area contributed by atoms with Crippen LogP contribution in [-0.4, -0.2) is 6.04 Å². The molecule has 0 aliphatic heterocycles. The zero-order valence-electron chi connectivity index (χ0n) is 41.4. The number of rotatable bonds is 9. The number of hydrogen-bond acceptors (Lipinski definition) is 2. The normalized spacial score (nSPS) is 15.6. The van der Waals surface area contributed by atoms with Crippen molar-refractivity contribution in [2.75, 3.05) is 9.80 Å². The van der Waals surface area contributed by atoms with E-state index in [9.17, 15) is 0 Å². The second kappa shape index (κ2) is 17.1. The summed E-state index contributed by atoms with van der Waals surface area (Å²) in [7, 11) is 0. The van der Waals surface area contributed by atoms with Gasteiger partial charge in [-0.1, -0.05) is 216 Å². The monoisotopic (exact) mass is 924 g/mol. The predicted octanol–water partition coefficient (Wildman–Crippen LogP) is 18.8. The van der Waals surface area contributed by atoms with Gasteiger partial charge in [-0.05, 0) is 150 Å². The maximum Gasteiger partial charge on any atom is 0.0560 e. The first-order valence-electron chi connectivity index (χ1n) is 25.5. The van der Waals surface area contributed by atoms with E-state index in [1.807, 2.05) is 0 Å². The lowest BCUT2D eigenvalue weighted by molar-refractivity contribution is 0.660. The number of anilines is 5. The number of allylic oxidation sites excluding steroid dienone is 2. The molecule has 1 atom stereocenters. The van der Waals surface area contributed by atoms with Gasteiger partial charge in [-0.3, -0.25) is 0 Å². The lowest BCUT2D eigenvalue weighted by atomic mass is 9.82. The van der Waals surface area contributed by atoms with E-state index in [0.717, 1.165) is 29.2 Å². The number of nitrogens with zero attached hydrogens (tertiary/aromatic N) is 2.